The van der Waals surface area contributed by atoms with Crippen LogP contribution in [0.3, 0.4) is 0 Å². The Labute approximate surface area is 140 Å². The first-order valence-electron chi connectivity index (χ1n) is 8.06. The number of rotatable bonds is 4. The van der Waals surface area contributed by atoms with Crippen molar-refractivity contribution < 1.29 is 14.0 Å². The molecule has 0 aliphatic carbocycles. The fourth-order valence-corrected chi connectivity index (χ4v) is 2.94. The van der Waals surface area contributed by atoms with Crippen LogP contribution in [0.2, 0.25) is 0 Å². The van der Waals surface area contributed by atoms with Crippen LogP contribution in [0.25, 0.3) is 0 Å². The van der Waals surface area contributed by atoms with E-state index in [1.54, 1.807) is 6.07 Å². The van der Waals surface area contributed by atoms with Crippen LogP contribution >= 0.6 is 0 Å². The van der Waals surface area contributed by atoms with E-state index < -0.39 is 11.7 Å². The monoisotopic (exact) mass is 326 g/mol. The maximum Gasteiger partial charge on any atom is 0.232 e. The summed E-state index contributed by atoms with van der Waals surface area (Å²) >= 11 is 0. The van der Waals surface area contributed by atoms with Gasteiger partial charge in [-0.1, -0.05) is 31.5 Å². The van der Waals surface area contributed by atoms with Crippen LogP contribution in [0.15, 0.2) is 42.5 Å². The van der Waals surface area contributed by atoms with E-state index >= 15 is 0 Å². The second-order valence-corrected chi connectivity index (χ2v) is 5.97. The molecule has 4 nitrogen and oxygen atoms in total. The molecule has 0 fully saturated rings. The van der Waals surface area contributed by atoms with E-state index in [0.29, 0.717) is 16.9 Å². The van der Waals surface area contributed by atoms with E-state index in [2.05, 4.69) is 17.6 Å². The average molecular weight is 326 g/mol. The SMILES string of the molecule is CCCc1ccc(NC(=O)[C@@H]2CC(=O)Nc3cc(F)ccc32)cc1. The molecule has 1 aliphatic rings. The first kappa shape index (κ1) is 16.2. The summed E-state index contributed by atoms with van der Waals surface area (Å²) < 4.78 is 13.3. The van der Waals surface area contributed by atoms with E-state index in [1.807, 2.05) is 24.3 Å². The Bertz CT molecular complexity index is 771. The van der Waals surface area contributed by atoms with Crippen molar-refractivity contribution in [2.45, 2.75) is 32.1 Å². The number of amides is 2. The van der Waals surface area contributed by atoms with Crippen molar-refractivity contribution in [3.63, 3.8) is 0 Å². The molecule has 5 heteroatoms. The molecular weight excluding hydrogens is 307 g/mol. The zero-order valence-electron chi connectivity index (χ0n) is 13.4. The first-order valence-corrected chi connectivity index (χ1v) is 8.06. The lowest BCUT2D eigenvalue weighted by atomic mass is 9.89. The minimum absolute atomic E-state index is 0.0540. The Hall–Kier alpha value is -2.69. The molecular formula is C19H19FN2O2. The standard InChI is InChI=1S/C19H19FN2O2/c1-2-3-12-4-7-14(8-5-12)21-19(24)16-11-18(23)22-17-10-13(20)6-9-15(16)17/h4-10,16H,2-3,11H2,1H3,(H,21,24)(H,22,23)/t16-/m1/s1. The van der Waals surface area contributed by atoms with Crippen LogP contribution in [0.1, 0.15) is 36.8 Å². The molecule has 0 bridgehead atoms. The molecule has 0 unspecified atom stereocenters. The zero-order valence-corrected chi connectivity index (χ0v) is 13.4. The van der Waals surface area contributed by atoms with Crippen molar-refractivity contribution in [2.24, 2.45) is 0 Å². The van der Waals surface area contributed by atoms with Gasteiger partial charge in [0.2, 0.25) is 11.8 Å². The number of hydrogen-bond donors (Lipinski definition) is 2. The van der Waals surface area contributed by atoms with Gasteiger partial charge in [0.25, 0.3) is 0 Å². The number of aryl methyl sites for hydroxylation is 1. The molecule has 0 saturated carbocycles. The number of nitrogens with one attached hydrogen (secondary N) is 2. The lowest BCUT2D eigenvalue weighted by Gasteiger charge is -2.25. The summed E-state index contributed by atoms with van der Waals surface area (Å²) in [5, 5.41) is 5.46. The van der Waals surface area contributed by atoms with Crippen molar-refractivity contribution in [2.75, 3.05) is 10.6 Å². The van der Waals surface area contributed by atoms with E-state index in [9.17, 15) is 14.0 Å². The van der Waals surface area contributed by atoms with Gasteiger partial charge in [0.1, 0.15) is 5.82 Å². The Morgan fingerprint density at radius 1 is 1.25 bits per heavy atom. The number of fused-ring (bicyclic) bond motifs is 1. The van der Waals surface area contributed by atoms with Crippen LogP contribution in [-0.4, -0.2) is 11.8 Å². The molecule has 1 atom stereocenters. The number of carbonyl (C=O) groups excluding carboxylic acids is 2. The molecule has 2 amide bonds. The number of anilines is 2. The Kier molecular flexibility index (Phi) is 4.60. The fourth-order valence-electron chi connectivity index (χ4n) is 2.94. The summed E-state index contributed by atoms with van der Waals surface area (Å²) in [7, 11) is 0. The van der Waals surface area contributed by atoms with Gasteiger partial charge < -0.3 is 10.6 Å². The fraction of sp³-hybridized carbons (Fsp3) is 0.263. The number of carbonyl (C=O) groups is 2. The largest absolute Gasteiger partial charge is 0.326 e. The molecule has 0 saturated heterocycles. The van der Waals surface area contributed by atoms with Crippen LogP contribution in [0, 0.1) is 5.82 Å². The molecule has 0 spiro atoms. The summed E-state index contributed by atoms with van der Waals surface area (Å²) in [6.07, 6.45) is 2.12. The minimum Gasteiger partial charge on any atom is -0.326 e. The van der Waals surface area contributed by atoms with Crippen molar-refractivity contribution in [1.82, 2.24) is 0 Å². The highest BCUT2D eigenvalue weighted by Crippen LogP contribution is 2.33. The highest BCUT2D eigenvalue weighted by atomic mass is 19.1. The third-order valence-corrected chi connectivity index (χ3v) is 4.13. The molecule has 2 aromatic rings. The van der Waals surface area contributed by atoms with E-state index in [0.717, 1.165) is 12.8 Å². The van der Waals surface area contributed by atoms with Gasteiger partial charge in [-0.2, -0.15) is 0 Å². The summed E-state index contributed by atoms with van der Waals surface area (Å²) in [5.74, 6) is -1.61. The summed E-state index contributed by atoms with van der Waals surface area (Å²) in [6, 6.07) is 11.8. The molecule has 2 N–H and O–H groups in total. The van der Waals surface area contributed by atoms with Gasteiger partial charge >= 0.3 is 0 Å². The molecule has 24 heavy (non-hydrogen) atoms. The summed E-state index contributed by atoms with van der Waals surface area (Å²) in [6.45, 7) is 2.12. The van der Waals surface area contributed by atoms with Gasteiger partial charge in [0.15, 0.2) is 0 Å². The smallest absolute Gasteiger partial charge is 0.232 e. The molecule has 0 aromatic heterocycles. The highest BCUT2D eigenvalue weighted by Gasteiger charge is 2.30. The third-order valence-electron chi connectivity index (χ3n) is 4.13. The highest BCUT2D eigenvalue weighted by molar-refractivity contribution is 6.05. The predicted molar refractivity (Wildman–Crippen MR) is 91.5 cm³/mol. The maximum absolute atomic E-state index is 13.3. The predicted octanol–water partition coefficient (Wildman–Crippen LogP) is 3.84. The molecule has 0 radical (unpaired) electrons. The van der Waals surface area contributed by atoms with Gasteiger partial charge in [-0.3, -0.25) is 9.59 Å². The molecule has 3 rings (SSSR count). The van der Waals surface area contributed by atoms with E-state index in [4.69, 9.17) is 0 Å². The lowest BCUT2D eigenvalue weighted by molar-refractivity contribution is -0.123. The number of halogens is 1. The van der Waals surface area contributed by atoms with E-state index in [-0.39, 0.29) is 18.2 Å². The van der Waals surface area contributed by atoms with Crippen molar-refractivity contribution >= 4 is 23.2 Å². The Morgan fingerprint density at radius 3 is 2.71 bits per heavy atom. The van der Waals surface area contributed by atoms with Gasteiger partial charge in [-0.15, -0.1) is 0 Å². The number of hydrogen-bond acceptors (Lipinski definition) is 2. The molecule has 124 valence electrons. The van der Waals surface area contributed by atoms with Crippen LogP contribution in [-0.2, 0) is 16.0 Å². The normalized spacial score (nSPS) is 16.2. The molecule has 1 heterocycles. The second-order valence-electron chi connectivity index (χ2n) is 5.97. The second kappa shape index (κ2) is 6.83. The van der Waals surface area contributed by atoms with Crippen LogP contribution in [0.5, 0.6) is 0 Å². The summed E-state index contributed by atoms with van der Waals surface area (Å²) in [5.41, 5.74) is 2.91. The zero-order chi connectivity index (χ0) is 17.1. The topological polar surface area (TPSA) is 58.2 Å². The maximum atomic E-state index is 13.3. The van der Waals surface area contributed by atoms with Gasteiger partial charge in [-0.05, 0) is 41.8 Å². The van der Waals surface area contributed by atoms with Crippen LogP contribution in [0.4, 0.5) is 15.8 Å². The van der Waals surface area contributed by atoms with Gasteiger partial charge in [0, 0.05) is 17.8 Å². The molecule has 2 aromatic carbocycles. The quantitative estimate of drug-likeness (QED) is 0.897. The Balaban J connectivity index is 1.79. The van der Waals surface area contributed by atoms with Crippen LogP contribution < -0.4 is 10.6 Å². The first-order chi connectivity index (χ1) is 11.6. The Morgan fingerprint density at radius 2 is 2.00 bits per heavy atom. The third kappa shape index (κ3) is 3.45. The van der Waals surface area contributed by atoms with E-state index in [1.165, 1.54) is 17.7 Å². The van der Waals surface area contributed by atoms with Crippen molar-refractivity contribution in [3.05, 3.63) is 59.4 Å². The number of benzene rings is 2. The minimum atomic E-state index is -0.621. The molecule has 1 aliphatic heterocycles. The summed E-state index contributed by atoms with van der Waals surface area (Å²) in [4.78, 5) is 24.4. The van der Waals surface area contributed by atoms with Crippen molar-refractivity contribution in [3.8, 4) is 0 Å². The lowest BCUT2D eigenvalue weighted by Crippen LogP contribution is -2.30. The van der Waals surface area contributed by atoms with Crippen molar-refractivity contribution in [1.29, 1.82) is 0 Å². The average Bonchev–Trinajstić information content (AvgIpc) is 2.55. The van der Waals surface area contributed by atoms with Gasteiger partial charge in [0.05, 0.1) is 5.92 Å². The van der Waals surface area contributed by atoms with Gasteiger partial charge in [-0.25, -0.2) is 4.39 Å².